The van der Waals surface area contributed by atoms with Gasteiger partial charge in [0.2, 0.25) is 0 Å². The number of benzene rings is 1. The molecule has 0 aliphatic heterocycles. The molecule has 2 rings (SSSR count). The van der Waals surface area contributed by atoms with Gasteiger partial charge in [-0.15, -0.1) is 0 Å². The van der Waals surface area contributed by atoms with Crippen molar-refractivity contribution in [2.24, 2.45) is 11.8 Å². The monoisotopic (exact) mass is 342 g/mol. The summed E-state index contributed by atoms with van der Waals surface area (Å²) in [6, 6.07) is 4.90. The molecule has 20 heavy (non-hydrogen) atoms. The highest BCUT2D eigenvalue weighted by Gasteiger charge is 2.25. The lowest BCUT2D eigenvalue weighted by molar-refractivity contribution is -0.384. The van der Waals surface area contributed by atoms with Crippen LogP contribution in [0.3, 0.4) is 0 Å². The van der Waals surface area contributed by atoms with Crippen molar-refractivity contribution >= 4 is 27.3 Å². The Balaban J connectivity index is 2.06. The number of nitro benzene ring substituents is 1. The molecule has 2 atom stereocenters. The van der Waals surface area contributed by atoms with Gasteiger partial charge in [0.05, 0.1) is 4.92 Å². The quantitative estimate of drug-likeness (QED) is 0.633. The van der Waals surface area contributed by atoms with Gasteiger partial charge >= 0.3 is 0 Å². The second-order valence-electron chi connectivity index (χ2n) is 5.29. The van der Waals surface area contributed by atoms with Crippen LogP contribution in [0, 0.1) is 22.0 Å². The number of hydrogen-bond acceptors (Lipinski definition) is 4. The third kappa shape index (κ3) is 3.70. The van der Waals surface area contributed by atoms with Crippen molar-refractivity contribution in [1.29, 1.82) is 0 Å². The molecule has 1 aliphatic rings. The molecular formula is C14H19BrN2O3. The third-order valence-electron chi connectivity index (χ3n) is 4.01. The Morgan fingerprint density at radius 1 is 1.35 bits per heavy atom. The first-order chi connectivity index (χ1) is 9.61. The summed E-state index contributed by atoms with van der Waals surface area (Å²) < 4.78 is 0.813. The van der Waals surface area contributed by atoms with Crippen LogP contribution >= 0.6 is 15.9 Å². The van der Waals surface area contributed by atoms with Gasteiger partial charge < -0.3 is 10.4 Å². The molecule has 1 fully saturated rings. The summed E-state index contributed by atoms with van der Waals surface area (Å²) in [5, 5.41) is 23.6. The summed E-state index contributed by atoms with van der Waals surface area (Å²) >= 11 is 3.33. The summed E-state index contributed by atoms with van der Waals surface area (Å²) in [5.41, 5.74) is 0.621. The van der Waals surface area contributed by atoms with Crippen LogP contribution in [0.25, 0.3) is 0 Å². The van der Waals surface area contributed by atoms with Gasteiger partial charge in [-0.25, -0.2) is 0 Å². The van der Waals surface area contributed by atoms with Gasteiger partial charge in [-0.1, -0.05) is 28.8 Å². The molecule has 0 spiro atoms. The fourth-order valence-electron chi connectivity index (χ4n) is 2.84. The lowest BCUT2D eigenvalue weighted by Crippen LogP contribution is -2.28. The summed E-state index contributed by atoms with van der Waals surface area (Å²) in [5.74, 6) is 0.690. The second kappa shape index (κ2) is 7.04. The lowest BCUT2D eigenvalue weighted by atomic mass is 9.79. The molecule has 0 aromatic heterocycles. The molecule has 2 N–H and O–H groups in total. The molecule has 1 aliphatic carbocycles. The van der Waals surface area contributed by atoms with Gasteiger partial charge in [-0.2, -0.15) is 0 Å². The van der Waals surface area contributed by atoms with Gasteiger partial charge in [-0.05, 0) is 36.8 Å². The molecular weight excluding hydrogens is 324 g/mol. The molecule has 0 radical (unpaired) electrons. The van der Waals surface area contributed by atoms with Crippen LogP contribution in [0.5, 0.6) is 0 Å². The van der Waals surface area contributed by atoms with Gasteiger partial charge in [0.15, 0.2) is 0 Å². The van der Waals surface area contributed by atoms with Crippen LogP contribution in [0.4, 0.5) is 11.4 Å². The number of rotatable bonds is 5. The molecule has 0 bridgehead atoms. The van der Waals surface area contributed by atoms with Gasteiger partial charge in [-0.3, -0.25) is 10.1 Å². The minimum absolute atomic E-state index is 0.0876. The lowest BCUT2D eigenvalue weighted by Gasteiger charge is -2.30. The smallest absolute Gasteiger partial charge is 0.292 e. The maximum absolute atomic E-state index is 11.0. The minimum atomic E-state index is -0.376. The van der Waals surface area contributed by atoms with E-state index >= 15 is 0 Å². The first-order valence-electron chi connectivity index (χ1n) is 6.90. The van der Waals surface area contributed by atoms with Crippen molar-refractivity contribution in [2.75, 3.05) is 18.5 Å². The Kier molecular flexibility index (Phi) is 5.37. The Labute approximate surface area is 126 Å². The van der Waals surface area contributed by atoms with E-state index in [2.05, 4.69) is 21.2 Å². The molecule has 0 heterocycles. The predicted molar refractivity (Wildman–Crippen MR) is 81.8 cm³/mol. The highest BCUT2D eigenvalue weighted by atomic mass is 79.9. The number of anilines is 1. The second-order valence-corrected chi connectivity index (χ2v) is 6.20. The highest BCUT2D eigenvalue weighted by molar-refractivity contribution is 9.10. The summed E-state index contributed by atoms with van der Waals surface area (Å²) in [4.78, 5) is 10.6. The van der Waals surface area contributed by atoms with Crippen LogP contribution in [-0.4, -0.2) is 23.2 Å². The van der Waals surface area contributed by atoms with E-state index in [9.17, 15) is 15.2 Å². The van der Waals surface area contributed by atoms with E-state index in [0.717, 1.165) is 17.3 Å². The average molecular weight is 343 g/mol. The molecule has 6 heteroatoms. The van der Waals surface area contributed by atoms with Crippen LogP contribution in [-0.2, 0) is 0 Å². The number of aliphatic hydroxyl groups is 1. The van der Waals surface area contributed by atoms with Crippen LogP contribution < -0.4 is 5.32 Å². The van der Waals surface area contributed by atoms with E-state index in [1.807, 2.05) is 0 Å². The summed E-state index contributed by atoms with van der Waals surface area (Å²) in [6.45, 7) is 0.870. The molecule has 1 saturated carbocycles. The number of hydrogen-bond donors (Lipinski definition) is 2. The Hall–Kier alpha value is -1.14. The first kappa shape index (κ1) is 15.3. The van der Waals surface area contributed by atoms with Crippen LogP contribution in [0.15, 0.2) is 22.7 Å². The average Bonchev–Trinajstić information content (AvgIpc) is 2.45. The number of nitrogens with zero attached hydrogens (tertiary/aromatic N) is 1. The molecule has 5 nitrogen and oxygen atoms in total. The molecule has 1 aromatic carbocycles. The van der Waals surface area contributed by atoms with Crippen LogP contribution in [0.1, 0.15) is 25.7 Å². The van der Waals surface area contributed by atoms with Gasteiger partial charge in [0, 0.05) is 23.7 Å². The van der Waals surface area contributed by atoms with E-state index in [0.29, 0.717) is 24.1 Å². The molecule has 0 amide bonds. The van der Waals surface area contributed by atoms with E-state index in [1.165, 1.54) is 18.9 Å². The molecule has 2 unspecified atom stereocenters. The Morgan fingerprint density at radius 3 is 2.70 bits per heavy atom. The molecule has 0 saturated heterocycles. The SMILES string of the molecule is O=[N+]([O-])c1ccc(Br)cc1NCC1CCCCC1CO. The van der Waals surface area contributed by atoms with Crippen molar-refractivity contribution < 1.29 is 10.0 Å². The normalized spacial score (nSPS) is 22.5. The minimum Gasteiger partial charge on any atom is -0.396 e. The number of halogens is 1. The van der Waals surface area contributed by atoms with Gasteiger partial charge in [0.25, 0.3) is 5.69 Å². The Bertz CT molecular complexity index is 481. The maximum atomic E-state index is 11.0. The fourth-order valence-corrected chi connectivity index (χ4v) is 3.20. The zero-order chi connectivity index (χ0) is 14.5. The van der Waals surface area contributed by atoms with Crippen molar-refractivity contribution in [3.8, 4) is 0 Å². The predicted octanol–water partition coefficient (Wildman–Crippen LogP) is 3.57. The largest absolute Gasteiger partial charge is 0.396 e. The fraction of sp³-hybridized carbons (Fsp3) is 0.571. The van der Waals surface area contributed by atoms with E-state index < -0.39 is 0 Å². The first-order valence-corrected chi connectivity index (χ1v) is 7.69. The molecule has 1 aromatic rings. The number of nitro groups is 1. The van der Waals surface area contributed by atoms with E-state index in [1.54, 1.807) is 12.1 Å². The van der Waals surface area contributed by atoms with Crippen molar-refractivity contribution in [3.05, 3.63) is 32.8 Å². The van der Waals surface area contributed by atoms with Gasteiger partial charge in [0.1, 0.15) is 5.69 Å². The maximum Gasteiger partial charge on any atom is 0.292 e. The highest BCUT2D eigenvalue weighted by Crippen LogP contribution is 2.32. The number of nitrogens with one attached hydrogen (secondary N) is 1. The van der Waals surface area contributed by atoms with Crippen molar-refractivity contribution in [3.63, 3.8) is 0 Å². The Morgan fingerprint density at radius 2 is 2.05 bits per heavy atom. The third-order valence-corrected chi connectivity index (χ3v) is 4.50. The van der Waals surface area contributed by atoms with E-state index in [-0.39, 0.29) is 17.2 Å². The molecule has 110 valence electrons. The topological polar surface area (TPSA) is 75.4 Å². The summed E-state index contributed by atoms with van der Waals surface area (Å²) in [7, 11) is 0. The number of aliphatic hydroxyl groups excluding tert-OH is 1. The zero-order valence-corrected chi connectivity index (χ0v) is 12.8. The standard InChI is InChI=1S/C14H19BrN2O3/c15-12-5-6-14(17(19)20)13(7-12)16-8-10-3-1-2-4-11(10)9-18/h5-7,10-11,16,18H,1-4,8-9H2. The summed E-state index contributed by atoms with van der Waals surface area (Å²) in [6.07, 6.45) is 4.45. The van der Waals surface area contributed by atoms with Crippen molar-refractivity contribution in [1.82, 2.24) is 0 Å². The van der Waals surface area contributed by atoms with Crippen molar-refractivity contribution in [2.45, 2.75) is 25.7 Å². The van der Waals surface area contributed by atoms with Crippen LogP contribution in [0.2, 0.25) is 0 Å². The van der Waals surface area contributed by atoms with E-state index in [4.69, 9.17) is 0 Å². The zero-order valence-electron chi connectivity index (χ0n) is 11.2.